The quantitative estimate of drug-likeness (QED) is 0.491. The fraction of sp³-hybridized carbons (Fsp3) is 0.538. The number of aromatic amines is 1. The van der Waals surface area contributed by atoms with Gasteiger partial charge in [-0.3, -0.25) is 9.59 Å². The minimum absolute atomic E-state index is 0.114. The van der Waals surface area contributed by atoms with Crippen LogP contribution >= 0.6 is 11.6 Å². The van der Waals surface area contributed by atoms with Gasteiger partial charge in [-0.15, -0.1) is 0 Å². The van der Waals surface area contributed by atoms with Crippen molar-refractivity contribution < 1.29 is 22.7 Å². The van der Waals surface area contributed by atoms with Crippen LogP contribution in [0.25, 0.3) is 0 Å². The molecule has 1 amide bonds. The highest BCUT2D eigenvalue weighted by Gasteiger charge is 2.33. The first-order valence-corrected chi connectivity index (χ1v) is 12.6. The number of halogens is 4. The van der Waals surface area contributed by atoms with Crippen molar-refractivity contribution in [3.63, 3.8) is 0 Å². The molecular formula is C26H34ClF3N4O3. The van der Waals surface area contributed by atoms with E-state index in [0.29, 0.717) is 28.7 Å². The van der Waals surface area contributed by atoms with Gasteiger partial charge in [-0.1, -0.05) is 11.6 Å². The van der Waals surface area contributed by atoms with Crippen LogP contribution < -0.4 is 20.4 Å². The largest absolute Gasteiger partial charge is 0.482 e. The summed E-state index contributed by atoms with van der Waals surface area (Å²) >= 11 is 6.43. The lowest BCUT2D eigenvalue weighted by atomic mass is 9.89. The van der Waals surface area contributed by atoms with Crippen molar-refractivity contribution >= 4 is 23.2 Å². The van der Waals surface area contributed by atoms with Gasteiger partial charge in [-0.25, -0.2) is 0 Å². The first-order valence-electron chi connectivity index (χ1n) is 12.3. The van der Waals surface area contributed by atoms with E-state index >= 15 is 0 Å². The third-order valence-electron chi connectivity index (χ3n) is 7.11. The second kappa shape index (κ2) is 11.8. The van der Waals surface area contributed by atoms with E-state index in [1.807, 2.05) is 13.0 Å². The van der Waals surface area contributed by atoms with Crippen LogP contribution in [0, 0.1) is 6.92 Å². The fourth-order valence-corrected chi connectivity index (χ4v) is 5.24. The minimum atomic E-state index is -4.74. The fourth-order valence-electron chi connectivity index (χ4n) is 5.03. The zero-order chi connectivity index (χ0) is 27.5. The van der Waals surface area contributed by atoms with Gasteiger partial charge in [0.25, 0.3) is 5.91 Å². The molecule has 3 rings (SSSR count). The predicted molar refractivity (Wildman–Crippen MR) is 139 cm³/mol. The maximum Gasteiger partial charge on any atom is 0.431 e. The number of ether oxygens (including phenoxy) is 1. The van der Waals surface area contributed by atoms with E-state index in [9.17, 15) is 22.8 Å². The molecule has 0 aliphatic heterocycles. The Morgan fingerprint density at radius 2 is 1.78 bits per heavy atom. The molecule has 0 bridgehead atoms. The van der Waals surface area contributed by atoms with Gasteiger partial charge in [0.1, 0.15) is 5.69 Å². The third kappa shape index (κ3) is 6.59. The number of carbonyl (C=O) groups excluding carboxylic acids is 1. The van der Waals surface area contributed by atoms with E-state index in [1.54, 1.807) is 6.07 Å². The van der Waals surface area contributed by atoms with Gasteiger partial charge in [0.2, 0.25) is 0 Å². The van der Waals surface area contributed by atoms with E-state index in [4.69, 9.17) is 16.3 Å². The zero-order valence-electron chi connectivity index (χ0n) is 21.8. The highest BCUT2D eigenvalue weighted by molar-refractivity contribution is 6.31. The number of rotatable bonds is 8. The molecule has 0 saturated heterocycles. The molecule has 37 heavy (non-hydrogen) atoms. The molecule has 1 heterocycles. The van der Waals surface area contributed by atoms with Gasteiger partial charge in [0.05, 0.1) is 19.2 Å². The van der Waals surface area contributed by atoms with E-state index in [1.165, 1.54) is 0 Å². The molecule has 0 atom stereocenters. The Hall–Kier alpha value is -2.72. The predicted octanol–water partition coefficient (Wildman–Crippen LogP) is 4.99. The van der Waals surface area contributed by atoms with Gasteiger partial charge in [-0.05, 0) is 71.3 Å². The highest BCUT2D eigenvalue weighted by Crippen LogP contribution is 2.34. The number of aromatic nitrogens is 1. The molecule has 1 aromatic heterocycles. The lowest BCUT2D eigenvalue weighted by Gasteiger charge is -2.40. The molecule has 204 valence electrons. The van der Waals surface area contributed by atoms with E-state index in [-0.39, 0.29) is 18.0 Å². The summed E-state index contributed by atoms with van der Waals surface area (Å²) in [5.41, 5.74) is -0.275. The van der Waals surface area contributed by atoms with Crippen molar-refractivity contribution in [1.82, 2.24) is 15.2 Å². The molecule has 11 heteroatoms. The minimum Gasteiger partial charge on any atom is -0.482 e. The van der Waals surface area contributed by atoms with Crippen LogP contribution in [0.1, 0.15) is 59.8 Å². The number of hydrogen-bond acceptors (Lipinski definition) is 5. The maximum atomic E-state index is 13.2. The summed E-state index contributed by atoms with van der Waals surface area (Å²) < 4.78 is 44.1. The Balaban J connectivity index is 1.83. The third-order valence-corrected chi connectivity index (χ3v) is 7.33. The Morgan fingerprint density at radius 3 is 2.32 bits per heavy atom. The molecule has 1 aliphatic carbocycles. The number of carbonyl (C=O) groups is 1. The van der Waals surface area contributed by atoms with Gasteiger partial charge in [0.15, 0.2) is 11.3 Å². The molecule has 7 nitrogen and oxygen atoms in total. The summed E-state index contributed by atoms with van der Waals surface area (Å²) in [6.07, 6.45) is -0.504. The molecule has 1 fully saturated rings. The number of anilines is 1. The summed E-state index contributed by atoms with van der Waals surface area (Å²) in [7, 11) is 5.35. The second-order valence-electron chi connectivity index (χ2n) is 9.55. The molecule has 0 spiro atoms. The van der Waals surface area contributed by atoms with E-state index in [0.717, 1.165) is 50.6 Å². The summed E-state index contributed by atoms with van der Waals surface area (Å²) in [5.74, 6) is -0.843. The Bertz CT molecular complexity index is 1170. The van der Waals surface area contributed by atoms with Crippen LogP contribution in [0.15, 0.2) is 23.0 Å². The van der Waals surface area contributed by atoms with Crippen LogP contribution in [0.5, 0.6) is 5.88 Å². The van der Waals surface area contributed by atoms with Crippen molar-refractivity contribution in [3.8, 4) is 5.88 Å². The molecule has 1 aromatic carbocycles. The number of nitrogens with zero attached hydrogens (tertiary/aromatic N) is 2. The molecule has 1 saturated carbocycles. The van der Waals surface area contributed by atoms with Crippen molar-refractivity contribution in [2.75, 3.05) is 32.6 Å². The molecular weight excluding hydrogens is 509 g/mol. The highest BCUT2D eigenvalue weighted by atomic mass is 35.5. The summed E-state index contributed by atoms with van der Waals surface area (Å²) in [4.78, 5) is 32.2. The lowest BCUT2D eigenvalue weighted by molar-refractivity contribution is -0.141. The number of H-pyrrole nitrogens is 1. The number of benzene rings is 1. The van der Waals surface area contributed by atoms with Gasteiger partial charge >= 0.3 is 6.18 Å². The molecule has 2 N–H and O–H groups in total. The average Bonchev–Trinajstić information content (AvgIpc) is 2.84. The van der Waals surface area contributed by atoms with Crippen LogP contribution in [0.4, 0.5) is 18.9 Å². The Kier molecular flexibility index (Phi) is 9.18. The Morgan fingerprint density at radius 1 is 1.16 bits per heavy atom. The lowest BCUT2D eigenvalue weighted by Crippen LogP contribution is -2.42. The van der Waals surface area contributed by atoms with Gasteiger partial charge < -0.3 is 24.8 Å². The number of hydrogen-bond donors (Lipinski definition) is 2. The number of nitrogens with one attached hydrogen (secondary N) is 2. The number of methoxy groups -OCH3 is 1. The van der Waals surface area contributed by atoms with Gasteiger partial charge in [0, 0.05) is 41.0 Å². The van der Waals surface area contributed by atoms with Crippen LogP contribution in [-0.4, -0.2) is 55.6 Å². The normalized spacial score (nSPS) is 18.1. The second-order valence-corrected chi connectivity index (χ2v) is 9.99. The summed E-state index contributed by atoms with van der Waals surface area (Å²) in [6.45, 7) is 4.35. The van der Waals surface area contributed by atoms with E-state index in [2.05, 4.69) is 41.1 Å². The Labute approximate surface area is 219 Å². The van der Waals surface area contributed by atoms with Crippen LogP contribution in [0.3, 0.4) is 0 Å². The average molecular weight is 543 g/mol. The first-order chi connectivity index (χ1) is 17.4. The summed E-state index contributed by atoms with van der Waals surface area (Å²) in [6, 6.07) is 4.75. The molecule has 1 aliphatic rings. The number of alkyl halides is 3. The smallest absolute Gasteiger partial charge is 0.431 e. The van der Waals surface area contributed by atoms with Crippen LogP contribution in [0.2, 0.25) is 5.02 Å². The van der Waals surface area contributed by atoms with Crippen molar-refractivity contribution in [2.24, 2.45) is 0 Å². The molecule has 0 unspecified atom stereocenters. The molecule has 2 aromatic rings. The van der Waals surface area contributed by atoms with Gasteiger partial charge in [-0.2, -0.15) is 13.2 Å². The monoisotopic (exact) mass is 542 g/mol. The topological polar surface area (TPSA) is 77.7 Å². The summed E-state index contributed by atoms with van der Waals surface area (Å²) in [5, 5.41) is 3.04. The van der Waals surface area contributed by atoms with Crippen LogP contribution in [-0.2, 0) is 12.7 Å². The van der Waals surface area contributed by atoms with Crippen molar-refractivity contribution in [3.05, 3.63) is 55.8 Å². The SMILES string of the molecule is CCN(c1cc(Cl)cc(C(=O)NCc2c(OC)[nH]c(C(F)(F)F)cc2=O)c1C)C1CCC(N(C)C)CC1. The molecule has 0 radical (unpaired) electrons. The maximum absolute atomic E-state index is 13.2. The number of pyridine rings is 1. The van der Waals surface area contributed by atoms with Crippen molar-refractivity contribution in [2.45, 2.75) is 64.3 Å². The zero-order valence-corrected chi connectivity index (χ0v) is 22.5. The standard InChI is InChI=1S/C26H34ClF3N4O3/c1-6-34(18-9-7-17(8-10-18)33(3)4)21-12-16(27)11-19(15(21)2)24(36)31-14-20-22(35)13-23(26(28,29)30)32-25(20)37-5/h11-13,17-18H,6-10,14H2,1-5H3,(H,31,36)(H,32,35). The first kappa shape index (κ1) is 28.8. The number of amides is 1. The van der Waals surface area contributed by atoms with Crippen molar-refractivity contribution in [1.29, 1.82) is 0 Å². The van der Waals surface area contributed by atoms with E-state index < -0.39 is 23.2 Å².